The lowest BCUT2D eigenvalue weighted by Crippen LogP contribution is -2.24. The predicted octanol–water partition coefficient (Wildman–Crippen LogP) is 5.51. The third-order valence-electron chi connectivity index (χ3n) is 5.65. The van der Waals surface area contributed by atoms with E-state index in [-0.39, 0.29) is 17.4 Å². The van der Waals surface area contributed by atoms with Crippen LogP contribution in [-0.2, 0) is 4.79 Å². The fraction of sp³-hybridized carbons (Fsp3) is 0.259. The van der Waals surface area contributed by atoms with Gasteiger partial charge >= 0.3 is 5.97 Å². The Morgan fingerprint density at radius 1 is 1.21 bits per heavy atom. The predicted molar refractivity (Wildman–Crippen MR) is 132 cm³/mol. The van der Waals surface area contributed by atoms with Crippen LogP contribution in [0, 0.1) is 0 Å². The number of hydrogen-bond acceptors (Lipinski definition) is 3. The summed E-state index contributed by atoms with van der Waals surface area (Å²) < 4.78 is 5.55. The average molecular weight is 447 g/mol. The van der Waals surface area contributed by atoms with Crippen molar-refractivity contribution in [1.82, 2.24) is 10.3 Å². The molecule has 1 amide bonds. The molecule has 3 aromatic rings. The monoisotopic (exact) mass is 446 g/mol. The average Bonchev–Trinajstić information content (AvgIpc) is 3.23. The van der Waals surface area contributed by atoms with Gasteiger partial charge in [0.2, 0.25) is 5.91 Å². The van der Waals surface area contributed by atoms with E-state index in [2.05, 4.69) is 22.9 Å². The van der Waals surface area contributed by atoms with Crippen LogP contribution in [0.2, 0.25) is 0 Å². The van der Waals surface area contributed by atoms with E-state index in [0.717, 1.165) is 34.0 Å². The minimum Gasteiger partial charge on any atom is -0.496 e. The third kappa shape index (κ3) is 5.34. The lowest BCUT2D eigenvalue weighted by molar-refractivity contribution is -0.117. The number of carbonyl (C=O) groups is 2. The fourth-order valence-electron chi connectivity index (χ4n) is 3.95. The van der Waals surface area contributed by atoms with Crippen molar-refractivity contribution in [3.63, 3.8) is 0 Å². The van der Waals surface area contributed by atoms with E-state index in [4.69, 9.17) is 4.74 Å². The number of carboxylic acid groups (broad SMARTS) is 1. The molecule has 0 aliphatic rings. The molecule has 0 aliphatic carbocycles. The quantitative estimate of drug-likeness (QED) is 0.283. The normalized spacial score (nSPS) is 12.4. The smallest absolute Gasteiger partial charge is 0.335 e. The number of methoxy groups -OCH3 is 1. The van der Waals surface area contributed by atoms with Crippen molar-refractivity contribution < 1.29 is 19.4 Å². The minimum atomic E-state index is -0.998. The van der Waals surface area contributed by atoms with Crippen LogP contribution in [0.5, 0.6) is 5.75 Å². The maximum absolute atomic E-state index is 12.3. The largest absolute Gasteiger partial charge is 0.496 e. The van der Waals surface area contributed by atoms with Gasteiger partial charge in [0.05, 0.1) is 12.7 Å². The Labute approximate surface area is 194 Å². The van der Waals surface area contributed by atoms with Gasteiger partial charge in [-0.05, 0) is 61.2 Å². The number of H-pyrrole nitrogens is 1. The lowest BCUT2D eigenvalue weighted by Gasteiger charge is -2.19. The van der Waals surface area contributed by atoms with Crippen molar-refractivity contribution in [3.8, 4) is 5.75 Å². The van der Waals surface area contributed by atoms with Crippen LogP contribution in [0.4, 0.5) is 0 Å². The van der Waals surface area contributed by atoms with E-state index < -0.39 is 5.97 Å². The molecule has 3 rings (SSSR count). The van der Waals surface area contributed by atoms with E-state index >= 15 is 0 Å². The first-order chi connectivity index (χ1) is 15.9. The molecule has 172 valence electrons. The Kier molecular flexibility index (Phi) is 7.72. The summed E-state index contributed by atoms with van der Waals surface area (Å²) >= 11 is 0. The number of amides is 1. The number of ether oxygens (including phenoxy) is 1. The van der Waals surface area contributed by atoms with Gasteiger partial charge in [0.25, 0.3) is 0 Å². The molecule has 6 heteroatoms. The first-order valence-corrected chi connectivity index (χ1v) is 11.0. The van der Waals surface area contributed by atoms with Gasteiger partial charge in [-0.25, -0.2) is 4.79 Å². The number of allylic oxidation sites excluding steroid dienone is 1. The standard InChI is InChI=1S/C27H30N2O4/c1-5-7-20(21-10-9-19(27(31)32)15-25(21)33-4)23-16-29-24-11-8-18(14-22(23)24)13-17(3)26(30)28-12-6-2/h5,8-11,13-16,20,29H,1,6-7,12H2,2-4H3,(H,28,30)(H,31,32)/b17-13+. The second-order valence-corrected chi connectivity index (χ2v) is 7.97. The molecule has 0 saturated carbocycles. The van der Waals surface area contributed by atoms with Crippen molar-refractivity contribution in [3.05, 3.63) is 83.1 Å². The molecular formula is C27H30N2O4. The summed E-state index contributed by atoms with van der Waals surface area (Å²) in [5.74, 6) is -0.626. The molecular weight excluding hydrogens is 416 g/mol. The SMILES string of the molecule is C=CCC(c1ccc(C(=O)O)cc1OC)c1c[nH]c2ccc(/C=C(\C)C(=O)NCCC)cc12. The summed E-state index contributed by atoms with van der Waals surface area (Å²) in [4.78, 5) is 27.0. The molecule has 3 N–H and O–H groups in total. The molecule has 1 atom stereocenters. The summed E-state index contributed by atoms with van der Waals surface area (Å²) in [5.41, 5.74) is 4.67. The van der Waals surface area contributed by atoms with Gasteiger partial charge in [0.1, 0.15) is 5.75 Å². The van der Waals surface area contributed by atoms with E-state index in [1.54, 1.807) is 25.3 Å². The van der Waals surface area contributed by atoms with Gasteiger partial charge in [0.15, 0.2) is 0 Å². The van der Waals surface area contributed by atoms with Crippen molar-refractivity contribution in [2.45, 2.75) is 32.6 Å². The number of aromatic amines is 1. The van der Waals surface area contributed by atoms with Crippen LogP contribution in [0.3, 0.4) is 0 Å². The van der Waals surface area contributed by atoms with E-state index in [9.17, 15) is 14.7 Å². The van der Waals surface area contributed by atoms with Crippen LogP contribution in [0.25, 0.3) is 17.0 Å². The van der Waals surface area contributed by atoms with Crippen molar-refractivity contribution in [2.75, 3.05) is 13.7 Å². The molecule has 1 unspecified atom stereocenters. The van der Waals surface area contributed by atoms with Crippen molar-refractivity contribution in [1.29, 1.82) is 0 Å². The topological polar surface area (TPSA) is 91.4 Å². The molecule has 0 saturated heterocycles. The molecule has 0 radical (unpaired) electrons. The van der Waals surface area contributed by atoms with Gasteiger partial charge in [-0.15, -0.1) is 6.58 Å². The summed E-state index contributed by atoms with van der Waals surface area (Å²) in [6.07, 6.45) is 7.23. The van der Waals surface area contributed by atoms with Gasteiger partial charge in [-0.1, -0.05) is 25.1 Å². The van der Waals surface area contributed by atoms with Gasteiger partial charge in [-0.2, -0.15) is 0 Å². The van der Waals surface area contributed by atoms with Crippen LogP contribution in [0.1, 0.15) is 59.7 Å². The highest BCUT2D eigenvalue weighted by Crippen LogP contribution is 2.39. The zero-order valence-corrected chi connectivity index (χ0v) is 19.3. The fourth-order valence-corrected chi connectivity index (χ4v) is 3.95. The summed E-state index contributed by atoms with van der Waals surface area (Å²) in [6, 6.07) is 11.0. The first kappa shape index (κ1) is 23.9. The number of aromatic carboxylic acids is 1. The van der Waals surface area contributed by atoms with Crippen molar-refractivity contribution in [2.24, 2.45) is 0 Å². The maximum atomic E-state index is 12.3. The van der Waals surface area contributed by atoms with Crippen LogP contribution in [0.15, 0.2) is 60.8 Å². The second-order valence-electron chi connectivity index (χ2n) is 7.97. The van der Waals surface area contributed by atoms with Crippen molar-refractivity contribution >= 4 is 28.9 Å². The zero-order valence-electron chi connectivity index (χ0n) is 19.3. The third-order valence-corrected chi connectivity index (χ3v) is 5.65. The maximum Gasteiger partial charge on any atom is 0.335 e. The molecule has 0 aliphatic heterocycles. The summed E-state index contributed by atoms with van der Waals surface area (Å²) in [6.45, 7) is 8.40. The van der Waals surface area contributed by atoms with Gasteiger partial charge in [0, 0.05) is 40.7 Å². The summed E-state index contributed by atoms with van der Waals surface area (Å²) in [7, 11) is 1.54. The number of nitrogens with one attached hydrogen (secondary N) is 2. The Morgan fingerprint density at radius 2 is 2.00 bits per heavy atom. The molecule has 2 aromatic carbocycles. The molecule has 6 nitrogen and oxygen atoms in total. The molecule has 0 fully saturated rings. The zero-order chi connectivity index (χ0) is 24.0. The molecule has 1 heterocycles. The van der Waals surface area contributed by atoms with E-state index in [0.29, 0.717) is 24.3 Å². The Bertz CT molecular complexity index is 1210. The number of carbonyl (C=O) groups excluding carboxylic acids is 1. The van der Waals surface area contributed by atoms with Crippen LogP contribution >= 0.6 is 0 Å². The first-order valence-electron chi connectivity index (χ1n) is 11.0. The Balaban J connectivity index is 2.06. The molecule has 1 aromatic heterocycles. The number of aromatic nitrogens is 1. The number of rotatable bonds is 10. The highest BCUT2D eigenvalue weighted by molar-refractivity contribution is 5.98. The van der Waals surface area contributed by atoms with Gasteiger partial charge < -0.3 is 20.1 Å². The van der Waals surface area contributed by atoms with Gasteiger partial charge in [-0.3, -0.25) is 4.79 Å². The highest BCUT2D eigenvalue weighted by atomic mass is 16.5. The minimum absolute atomic E-state index is 0.0703. The molecule has 33 heavy (non-hydrogen) atoms. The van der Waals surface area contributed by atoms with E-state index in [1.165, 1.54) is 0 Å². The van der Waals surface area contributed by atoms with E-state index in [1.807, 2.05) is 44.3 Å². The molecule has 0 spiro atoms. The Hall–Kier alpha value is -3.80. The number of fused-ring (bicyclic) bond motifs is 1. The number of carboxylic acids is 1. The second kappa shape index (κ2) is 10.7. The van der Waals surface area contributed by atoms with Crippen LogP contribution < -0.4 is 10.1 Å². The van der Waals surface area contributed by atoms with Crippen LogP contribution in [-0.4, -0.2) is 35.6 Å². The number of hydrogen-bond donors (Lipinski definition) is 3. The molecule has 0 bridgehead atoms. The lowest BCUT2D eigenvalue weighted by atomic mass is 9.87. The highest BCUT2D eigenvalue weighted by Gasteiger charge is 2.22. The Morgan fingerprint density at radius 3 is 2.67 bits per heavy atom. The number of benzene rings is 2. The summed E-state index contributed by atoms with van der Waals surface area (Å²) in [5, 5.41) is 13.3.